The molecule has 2 amide bonds. The Bertz CT molecular complexity index is 1050. The van der Waals surface area contributed by atoms with E-state index in [1.165, 1.54) is 6.07 Å². The van der Waals surface area contributed by atoms with Crippen molar-refractivity contribution in [2.75, 3.05) is 0 Å². The highest BCUT2D eigenvalue weighted by Gasteiger charge is 2.29. The fourth-order valence-corrected chi connectivity index (χ4v) is 2.86. The van der Waals surface area contributed by atoms with Gasteiger partial charge in [-0.15, -0.1) is 0 Å². The third-order valence-corrected chi connectivity index (χ3v) is 4.06. The Morgan fingerprint density at radius 3 is 2.62 bits per heavy atom. The van der Waals surface area contributed by atoms with Gasteiger partial charge < -0.3 is 5.11 Å². The van der Waals surface area contributed by atoms with Crippen LogP contribution in [0.5, 0.6) is 5.75 Å². The molecule has 116 valence electrons. The number of para-hydroxylation sites is 1. The molecule has 0 saturated carbocycles. The van der Waals surface area contributed by atoms with Gasteiger partial charge in [0.1, 0.15) is 5.75 Å². The molecular weight excluding hydrogens is 304 g/mol. The minimum absolute atomic E-state index is 0.0696. The molecule has 2 N–H and O–H groups in total. The van der Waals surface area contributed by atoms with Gasteiger partial charge in [0.25, 0.3) is 11.8 Å². The monoisotopic (exact) mass is 316 g/mol. The standard InChI is InChI=1S/C19H12N2O3/c1-10-17-13(19(24)21-18(10)23)8-12(9-16(17)22)15-7-6-11-4-2-3-5-14(11)20-15/h2-9,22H,1H2,(H,21,23,24). The number of nitrogens with one attached hydrogen (secondary N) is 1. The number of rotatable bonds is 1. The van der Waals surface area contributed by atoms with Gasteiger partial charge in [-0.05, 0) is 24.3 Å². The second kappa shape index (κ2) is 5.03. The SMILES string of the molecule is C=C1C(=O)NC(=O)c2cc(-c3ccc4ccccc4n3)cc(O)c21. The Hall–Kier alpha value is -3.47. The van der Waals surface area contributed by atoms with Crippen LogP contribution in [0.1, 0.15) is 15.9 Å². The van der Waals surface area contributed by atoms with E-state index in [0.717, 1.165) is 10.9 Å². The molecule has 4 rings (SSSR count). The van der Waals surface area contributed by atoms with Gasteiger partial charge in [-0.2, -0.15) is 0 Å². The van der Waals surface area contributed by atoms with Crippen molar-refractivity contribution in [3.8, 4) is 17.0 Å². The lowest BCUT2D eigenvalue weighted by atomic mass is 9.92. The summed E-state index contributed by atoms with van der Waals surface area (Å²) < 4.78 is 0. The molecule has 1 aromatic heterocycles. The van der Waals surface area contributed by atoms with Gasteiger partial charge in [-0.25, -0.2) is 4.98 Å². The van der Waals surface area contributed by atoms with E-state index >= 15 is 0 Å². The van der Waals surface area contributed by atoms with Crippen molar-refractivity contribution < 1.29 is 14.7 Å². The van der Waals surface area contributed by atoms with E-state index < -0.39 is 11.8 Å². The van der Waals surface area contributed by atoms with Crippen LogP contribution in [0.25, 0.3) is 27.7 Å². The largest absolute Gasteiger partial charge is 0.507 e. The Kier molecular flexibility index (Phi) is 2.96. The van der Waals surface area contributed by atoms with Gasteiger partial charge in [0.05, 0.1) is 16.8 Å². The van der Waals surface area contributed by atoms with E-state index in [2.05, 4.69) is 16.9 Å². The second-order valence-electron chi connectivity index (χ2n) is 5.57. The maximum Gasteiger partial charge on any atom is 0.258 e. The van der Waals surface area contributed by atoms with Crippen LogP contribution in [0, 0.1) is 0 Å². The van der Waals surface area contributed by atoms with Gasteiger partial charge in [0.2, 0.25) is 0 Å². The van der Waals surface area contributed by atoms with Crippen LogP contribution < -0.4 is 5.32 Å². The number of phenolic OH excluding ortho intramolecular Hbond substituents is 1. The fourth-order valence-electron chi connectivity index (χ4n) is 2.86. The number of carbonyl (C=O) groups excluding carboxylic acids is 2. The van der Waals surface area contributed by atoms with Crippen LogP contribution in [-0.2, 0) is 4.79 Å². The van der Waals surface area contributed by atoms with Crippen LogP contribution in [-0.4, -0.2) is 21.9 Å². The lowest BCUT2D eigenvalue weighted by Gasteiger charge is -2.19. The maximum absolute atomic E-state index is 12.1. The van der Waals surface area contributed by atoms with Crippen molar-refractivity contribution in [1.82, 2.24) is 10.3 Å². The lowest BCUT2D eigenvalue weighted by molar-refractivity contribution is -0.114. The molecule has 3 aromatic rings. The summed E-state index contributed by atoms with van der Waals surface area (Å²) in [5, 5.41) is 13.5. The fraction of sp³-hybridized carbons (Fsp3) is 0. The molecule has 0 aliphatic carbocycles. The van der Waals surface area contributed by atoms with Crippen LogP contribution in [0.4, 0.5) is 0 Å². The molecule has 1 aliphatic heterocycles. The summed E-state index contributed by atoms with van der Waals surface area (Å²) in [5.74, 6) is -1.31. The van der Waals surface area contributed by atoms with Crippen molar-refractivity contribution in [3.63, 3.8) is 0 Å². The molecule has 0 atom stereocenters. The number of fused-ring (bicyclic) bond motifs is 2. The summed E-state index contributed by atoms with van der Waals surface area (Å²) in [5.41, 5.74) is 2.49. The van der Waals surface area contributed by atoms with Crippen LogP contribution >= 0.6 is 0 Å². The molecule has 0 spiro atoms. The van der Waals surface area contributed by atoms with Gasteiger partial charge in [-0.1, -0.05) is 30.8 Å². The van der Waals surface area contributed by atoms with Crippen LogP contribution in [0.3, 0.4) is 0 Å². The molecule has 0 fully saturated rings. The molecular formula is C19H12N2O3. The lowest BCUT2D eigenvalue weighted by Crippen LogP contribution is -2.36. The minimum Gasteiger partial charge on any atom is -0.507 e. The average Bonchev–Trinajstić information content (AvgIpc) is 2.59. The Morgan fingerprint density at radius 1 is 1.00 bits per heavy atom. The van der Waals surface area contributed by atoms with E-state index in [1.54, 1.807) is 6.07 Å². The van der Waals surface area contributed by atoms with Gasteiger partial charge >= 0.3 is 0 Å². The van der Waals surface area contributed by atoms with Crippen molar-refractivity contribution in [2.24, 2.45) is 0 Å². The number of amides is 2. The molecule has 24 heavy (non-hydrogen) atoms. The summed E-state index contributed by atoms with van der Waals surface area (Å²) >= 11 is 0. The summed E-state index contributed by atoms with van der Waals surface area (Å²) in [6.07, 6.45) is 0. The number of nitrogens with zero attached hydrogens (tertiary/aromatic N) is 1. The predicted molar refractivity (Wildman–Crippen MR) is 90.4 cm³/mol. The molecule has 5 nitrogen and oxygen atoms in total. The van der Waals surface area contributed by atoms with Crippen LogP contribution in [0.15, 0.2) is 55.1 Å². The number of aromatic hydroxyl groups is 1. The number of carbonyl (C=O) groups is 2. The molecule has 1 aliphatic rings. The summed E-state index contributed by atoms with van der Waals surface area (Å²) in [6.45, 7) is 3.64. The van der Waals surface area contributed by atoms with E-state index in [1.807, 2.05) is 36.4 Å². The number of hydrogen-bond donors (Lipinski definition) is 2. The number of aromatic nitrogens is 1. The smallest absolute Gasteiger partial charge is 0.258 e. The Morgan fingerprint density at radius 2 is 1.79 bits per heavy atom. The molecule has 0 bridgehead atoms. The first-order chi connectivity index (χ1) is 11.5. The summed E-state index contributed by atoms with van der Waals surface area (Å²) in [4.78, 5) is 28.3. The zero-order valence-electron chi connectivity index (χ0n) is 12.5. The van der Waals surface area contributed by atoms with E-state index in [0.29, 0.717) is 11.3 Å². The number of pyridine rings is 1. The van der Waals surface area contributed by atoms with Gasteiger partial charge in [-0.3, -0.25) is 14.9 Å². The first-order valence-corrected chi connectivity index (χ1v) is 7.33. The first kappa shape index (κ1) is 14.1. The highest BCUT2D eigenvalue weighted by Crippen LogP contribution is 2.35. The Labute approximate surface area is 137 Å². The molecule has 5 heteroatoms. The Balaban J connectivity index is 1.92. The summed E-state index contributed by atoms with van der Waals surface area (Å²) in [7, 11) is 0. The van der Waals surface area contributed by atoms with E-state index in [-0.39, 0.29) is 22.4 Å². The van der Waals surface area contributed by atoms with Gasteiger partial charge in [0.15, 0.2) is 0 Å². The molecule has 0 unspecified atom stereocenters. The minimum atomic E-state index is -0.598. The van der Waals surface area contributed by atoms with Crippen molar-refractivity contribution >= 4 is 28.3 Å². The quantitative estimate of drug-likeness (QED) is 0.534. The average molecular weight is 316 g/mol. The highest BCUT2D eigenvalue weighted by atomic mass is 16.3. The number of hydrogen-bond acceptors (Lipinski definition) is 4. The number of phenols is 1. The predicted octanol–water partition coefficient (Wildman–Crippen LogP) is 2.89. The molecule has 0 radical (unpaired) electrons. The highest BCUT2D eigenvalue weighted by molar-refractivity contribution is 6.31. The van der Waals surface area contributed by atoms with Crippen LogP contribution in [0.2, 0.25) is 0 Å². The number of imide groups is 1. The summed E-state index contributed by atoms with van der Waals surface area (Å²) in [6, 6.07) is 14.5. The third-order valence-electron chi connectivity index (χ3n) is 4.06. The molecule has 2 aromatic carbocycles. The van der Waals surface area contributed by atoms with E-state index in [4.69, 9.17) is 0 Å². The maximum atomic E-state index is 12.1. The van der Waals surface area contributed by atoms with Crippen molar-refractivity contribution in [3.05, 3.63) is 66.2 Å². The number of benzene rings is 2. The second-order valence-corrected chi connectivity index (χ2v) is 5.57. The normalized spacial score (nSPS) is 13.8. The zero-order chi connectivity index (χ0) is 16.8. The van der Waals surface area contributed by atoms with Gasteiger partial charge in [0, 0.05) is 22.1 Å². The third kappa shape index (κ3) is 2.06. The molecule has 0 saturated heterocycles. The zero-order valence-corrected chi connectivity index (χ0v) is 12.5. The topological polar surface area (TPSA) is 79.3 Å². The first-order valence-electron chi connectivity index (χ1n) is 7.33. The van der Waals surface area contributed by atoms with E-state index in [9.17, 15) is 14.7 Å². The molecule has 2 heterocycles. The van der Waals surface area contributed by atoms with Crippen molar-refractivity contribution in [1.29, 1.82) is 0 Å². The van der Waals surface area contributed by atoms with Crippen molar-refractivity contribution in [2.45, 2.75) is 0 Å².